The molecule has 1 aliphatic rings. The van der Waals surface area contributed by atoms with Crippen molar-refractivity contribution in [3.63, 3.8) is 0 Å². The highest BCUT2D eigenvalue weighted by Crippen LogP contribution is 2.29. The molecule has 0 aliphatic heterocycles. The maximum atomic E-state index is 13.7. The molecular weight excluding hydrogens is 544 g/mol. The summed E-state index contributed by atoms with van der Waals surface area (Å²) in [5.74, 6) is 2.58. The highest BCUT2D eigenvalue weighted by atomic mass is 16.3. The lowest BCUT2D eigenvalue weighted by atomic mass is 9.82. The van der Waals surface area contributed by atoms with Gasteiger partial charge in [-0.25, -0.2) is 0 Å². The zero-order valence-electron chi connectivity index (χ0n) is 25.9. The maximum absolute atomic E-state index is 13.7. The minimum atomic E-state index is -1.28. The first kappa shape index (κ1) is 35.8. The number of hydrogen-bond acceptors (Lipinski definition) is 6. The van der Waals surface area contributed by atoms with Crippen molar-refractivity contribution in [2.45, 2.75) is 89.0 Å². The van der Waals surface area contributed by atoms with Crippen LogP contribution in [0.25, 0.3) is 0 Å². The molecule has 0 saturated heterocycles. The van der Waals surface area contributed by atoms with E-state index in [1.807, 2.05) is 30.3 Å². The zero-order chi connectivity index (χ0) is 31.8. The van der Waals surface area contributed by atoms with Crippen molar-refractivity contribution in [2.75, 3.05) is 27.2 Å². The number of likely N-dealkylation sites (N-methyl/N-ethyl adjacent to an activating group) is 2. The lowest BCUT2D eigenvalue weighted by molar-refractivity contribution is -0.137. The van der Waals surface area contributed by atoms with Gasteiger partial charge in [0.05, 0.1) is 18.1 Å². The molecule has 9 heteroatoms. The molecule has 1 aliphatic carbocycles. The number of terminal acetylenes is 2. The van der Waals surface area contributed by atoms with Crippen LogP contribution >= 0.6 is 0 Å². The lowest BCUT2D eigenvalue weighted by Gasteiger charge is -2.33. The van der Waals surface area contributed by atoms with Crippen molar-refractivity contribution in [2.24, 2.45) is 17.8 Å². The number of nitrogens with zero attached hydrogens (tertiary/aromatic N) is 1. The topological polar surface area (TPSA) is 131 Å². The van der Waals surface area contributed by atoms with Crippen molar-refractivity contribution >= 4 is 17.7 Å². The van der Waals surface area contributed by atoms with E-state index in [0.29, 0.717) is 25.9 Å². The Balaban J connectivity index is 2.26. The summed E-state index contributed by atoms with van der Waals surface area (Å²) in [6.07, 6.45) is 14.5. The Morgan fingerprint density at radius 3 is 2.33 bits per heavy atom. The summed E-state index contributed by atoms with van der Waals surface area (Å²) in [4.78, 5) is 42.0. The number of aliphatic hydroxyl groups is 2. The number of aliphatic hydroxyl groups excluding tert-OH is 2. The van der Waals surface area contributed by atoms with E-state index in [1.54, 1.807) is 25.9 Å². The van der Waals surface area contributed by atoms with Crippen LogP contribution in [0.3, 0.4) is 0 Å². The largest absolute Gasteiger partial charge is 0.389 e. The van der Waals surface area contributed by atoms with E-state index in [4.69, 9.17) is 12.8 Å². The van der Waals surface area contributed by atoms with E-state index < -0.39 is 47.9 Å². The van der Waals surface area contributed by atoms with E-state index in [9.17, 15) is 24.6 Å². The Hall–Kier alpha value is -3.37. The molecular formula is C34H50N4O5. The standard InChI is InChI=1S/C34H50N4O5/c1-6-14-29(39)32(41)28(22-26-17-12-9-13-18-26)36-34(43)31(24(3)7-2)37-33(42)27(21-25-15-10-8-11-16-25)23-30(40)38(5)20-19-35-4/h1-2,8,10-11,15-16,24,26-29,31-32,35,39,41H,9,12-14,17-23H2,3-5H3,(H,36,43)(H,37,42)/t24?,27-,28+,29+,31+,32-/m1/s1. The summed E-state index contributed by atoms with van der Waals surface area (Å²) < 4.78 is 0. The van der Waals surface area contributed by atoms with Gasteiger partial charge in [-0.3, -0.25) is 14.4 Å². The van der Waals surface area contributed by atoms with Crippen molar-refractivity contribution in [1.82, 2.24) is 20.9 Å². The summed E-state index contributed by atoms with van der Waals surface area (Å²) in [5, 5.41) is 30.2. The normalized spacial score (nSPS) is 17.7. The Morgan fingerprint density at radius 2 is 1.72 bits per heavy atom. The predicted molar refractivity (Wildman–Crippen MR) is 168 cm³/mol. The molecule has 1 fully saturated rings. The number of carbonyl (C=O) groups is 3. The minimum absolute atomic E-state index is 0.0407. The van der Waals surface area contributed by atoms with E-state index in [1.165, 1.54) is 0 Å². The molecule has 0 spiro atoms. The van der Waals surface area contributed by atoms with Gasteiger partial charge < -0.3 is 31.1 Å². The van der Waals surface area contributed by atoms with E-state index in [0.717, 1.165) is 37.7 Å². The van der Waals surface area contributed by atoms with E-state index >= 15 is 0 Å². The molecule has 3 amide bonds. The van der Waals surface area contributed by atoms with Gasteiger partial charge in [0.1, 0.15) is 12.1 Å². The smallest absolute Gasteiger partial charge is 0.244 e. The average molecular weight is 595 g/mol. The van der Waals surface area contributed by atoms with Gasteiger partial charge in [0, 0.05) is 38.9 Å². The van der Waals surface area contributed by atoms with Crippen LogP contribution in [0.2, 0.25) is 0 Å². The van der Waals surface area contributed by atoms with Crippen LogP contribution < -0.4 is 16.0 Å². The Labute approximate surface area is 257 Å². The highest BCUT2D eigenvalue weighted by Gasteiger charge is 2.35. The molecule has 1 unspecified atom stereocenters. The second-order valence-corrected chi connectivity index (χ2v) is 11.8. The van der Waals surface area contributed by atoms with Crippen LogP contribution in [-0.4, -0.2) is 84.3 Å². The van der Waals surface area contributed by atoms with Crippen molar-refractivity contribution in [3.8, 4) is 24.7 Å². The third kappa shape index (κ3) is 12.0. The van der Waals surface area contributed by atoms with Gasteiger partial charge in [-0.2, -0.15) is 0 Å². The predicted octanol–water partition coefficient (Wildman–Crippen LogP) is 1.87. The molecule has 1 aromatic carbocycles. The number of hydrogen-bond donors (Lipinski definition) is 5. The fourth-order valence-electron chi connectivity index (χ4n) is 5.56. The van der Waals surface area contributed by atoms with Gasteiger partial charge in [0.2, 0.25) is 17.7 Å². The Morgan fingerprint density at radius 1 is 1.05 bits per heavy atom. The number of amides is 3. The van der Waals surface area contributed by atoms with Gasteiger partial charge in [-0.05, 0) is 38.3 Å². The van der Waals surface area contributed by atoms with Gasteiger partial charge in [0.15, 0.2) is 0 Å². The summed E-state index contributed by atoms with van der Waals surface area (Å²) in [6, 6.07) is 7.51. The average Bonchev–Trinajstić information content (AvgIpc) is 3.01. The zero-order valence-corrected chi connectivity index (χ0v) is 25.9. The van der Waals surface area contributed by atoms with Crippen LogP contribution in [0, 0.1) is 42.4 Å². The van der Waals surface area contributed by atoms with Crippen molar-refractivity contribution < 1.29 is 24.6 Å². The summed E-state index contributed by atoms with van der Waals surface area (Å²) in [6.45, 7) is 2.77. The highest BCUT2D eigenvalue weighted by molar-refractivity contribution is 5.91. The third-order valence-electron chi connectivity index (χ3n) is 8.36. The SMILES string of the molecule is C#CC[C@H](O)[C@H](O)[C@H](CC1CCCCC1)NC(=O)[C@@H](NC(=O)[C@@H](CC(=O)N(C)CCNC)Cc1ccccc1)C(C)C#C. The number of nitrogens with one attached hydrogen (secondary N) is 3. The lowest BCUT2D eigenvalue weighted by Crippen LogP contribution is -2.57. The molecule has 0 bridgehead atoms. The minimum Gasteiger partial charge on any atom is -0.389 e. The maximum Gasteiger partial charge on any atom is 0.244 e. The monoisotopic (exact) mass is 594 g/mol. The first-order valence-corrected chi connectivity index (χ1v) is 15.4. The third-order valence-corrected chi connectivity index (χ3v) is 8.36. The molecule has 5 N–H and O–H groups in total. The second-order valence-electron chi connectivity index (χ2n) is 11.8. The van der Waals surface area contributed by atoms with Gasteiger partial charge in [0.25, 0.3) is 0 Å². The summed E-state index contributed by atoms with van der Waals surface area (Å²) in [7, 11) is 3.50. The molecule has 1 saturated carbocycles. The van der Waals surface area contributed by atoms with Crippen molar-refractivity contribution in [3.05, 3.63) is 35.9 Å². The van der Waals surface area contributed by atoms with Gasteiger partial charge >= 0.3 is 0 Å². The quantitative estimate of drug-likeness (QED) is 0.175. The van der Waals surface area contributed by atoms with Crippen LogP contribution in [0.4, 0.5) is 0 Å². The van der Waals surface area contributed by atoms with Gasteiger partial charge in [-0.1, -0.05) is 62.4 Å². The molecule has 9 nitrogen and oxygen atoms in total. The summed E-state index contributed by atoms with van der Waals surface area (Å²) >= 11 is 0. The molecule has 236 valence electrons. The fourth-order valence-corrected chi connectivity index (χ4v) is 5.56. The summed E-state index contributed by atoms with van der Waals surface area (Å²) in [5.41, 5.74) is 0.887. The number of carbonyl (C=O) groups excluding carboxylic acids is 3. The molecule has 0 radical (unpaired) electrons. The van der Waals surface area contributed by atoms with E-state index in [2.05, 4.69) is 27.8 Å². The van der Waals surface area contributed by atoms with Gasteiger partial charge in [-0.15, -0.1) is 24.7 Å². The molecule has 6 atom stereocenters. The Kier molecular flexibility index (Phi) is 15.8. The first-order chi connectivity index (χ1) is 20.6. The number of benzene rings is 1. The Bertz CT molecular complexity index is 1090. The molecule has 2 rings (SSSR count). The fraction of sp³-hybridized carbons (Fsp3) is 0.618. The van der Waals surface area contributed by atoms with Crippen LogP contribution in [0.15, 0.2) is 30.3 Å². The van der Waals surface area contributed by atoms with Crippen molar-refractivity contribution in [1.29, 1.82) is 0 Å². The number of rotatable bonds is 17. The molecule has 1 aromatic rings. The molecule has 0 heterocycles. The molecule has 0 aromatic heterocycles. The van der Waals surface area contributed by atoms with Crippen LogP contribution in [0.5, 0.6) is 0 Å². The second kappa shape index (κ2) is 19.0. The van der Waals surface area contributed by atoms with Crippen LogP contribution in [-0.2, 0) is 20.8 Å². The van der Waals surface area contributed by atoms with E-state index in [-0.39, 0.29) is 24.7 Å². The first-order valence-electron chi connectivity index (χ1n) is 15.4. The van der Waals surface area contributed by atoms with Crippen LogP contribution in [0.1, 0.15) is 63.9 Å². The molecule has 43 heavy (non-hydrogen) atoms.